The molecule has 0 aliphatic heterocycles. The average Bonchev–Trinajstić information content (AvgIpc) is 3.00. The van der Waals surface area contributed by atoms with Gasteiger partial charge in [0.2, 0.25) is 0 Å². The van der Waals surface area contributed by atoms with Gasteiger partial charge in [0.05, 0.1) is 12.5 Å². The summed E-state index contributed by atoms with van der Waals surface area (Å²) in [5.41, 5.74) is 5.75. The van der Waals surface area contributed by atoms with Crippen molar-refractivity contribution in [3.63, 3.8) is 0 Å². The fourth-order valence-electron chi connectivity index (χ4n) is 6.22. The third-order valence-corrected chi connectivity index (χ3v) is 8.57. The molecule has 0 bridgehead atoms. The zero-order valence-corrected chi connectivity index (χ0v) is 24.1. The largest absolute Gasteiger partial charge is 0.489 e. The standard InChI is InChI=1S/C34H39F3N2O3/c1-2-41-33(40)31-19-18-28-29(7-5-8-30(28)39-31)38-21-20-26-6-3-4-9-32(26)42-22-23-10-12-24(13-11-23)25-14-16-27(17-15-25)34(35,36)37/h3-4,6,9-13,18-19,25,27,29,38H,2,5,7-8,14-17,20-22H2,1H3/t25-,27-,29?. The van der Waals surface area contributed by atoms with E-state index in [0.29, 0.717) is 31.7 Å². The van der Waals surface area contributed by atoms with E-state index in [0.717, 1.165) is 65.9 Å². The van der Waals surface area contributed by atoms with Crippen molar-refractivity contribution in [2.45, 2.75) is 83.0 Å². The summed E-state index contributed by atoms with van der Waals surface area (Å²) in [5.74, 6) is -0.496. The summed E-state index contributed by atoms with van der Waals surface area (Å²) < 4.78 is 50.3. The molecule has 1 aromatic heterocycles. The highest BCUT2D eigenvalue weighted by Gasteiger charge is 2.41. The van der Waals surface area contributed by atoms with Gasteiger partial charge in [-0.3, -0.25) is 0 Å². The Morgan fingerprint density at radius 3 is 2.48 bits per heavy atom. The van der Waals surface area contributed by atoms with E-state index in [4.69, 9.17) is 9.47 Å². The Hall–Kier alpha value is -3.39. The molecule has 8 heteroatoms. The smallest absolute Gasteiger partial charge is 0.391 e. The Morgan fingerprint density at radius 2 is 1.74 bits per heavy atom. The van der Waals surface area contributed by atoms with Crippen LogP contribution in [0.2, 0.25) is 0 Å². The number of nitrogens with zero attached hydrogens (tertiary/aromatic N) is 1. The molecule has 0 amide bonds. The Labute approximate surface area is 245 Å². The fraction of sp³-hybridized carbons (Fsp3) is 0.471. The van der Waals surface area contributed by atoms with E-state index in [-0.39, 0.29) is 30.8 Å². The normalized spacial score (nSPS) is 20.5. The zero-order chi connectivity index (χ0) is 29.5. The molecule has 1 unspecified atom stereocenters. The number of esters is 1. The molecule has 42 heavy (non-hydrogen) atoms. The van der Waals surface area contributed by atoms with Gasteiger partial charge in [-0.2, -0.15) is 13.2 Å². The van der Waals surface area contributed by atoms with Crippen LogP contribution in [0.1, 0.15) is 95.8 Å². The SMILES string of the molecule is CCOC(=O)c1ccc2c(n1)CCCC2NCCc1ccccc1OCc1ccc([C@H]2CC[C@H](C(F)(F)F)CC2)cc1. The lowest BCUT2D eigenvalue weighted by Crippen LogP contribution is -2.28. The molecular formula is C34H39F3N2O3. The van der Waals surface area contributed by atoms with Crippen LogP contribution in [0, 0.1) is 5.92 Å². The quantitative estimate of drug-likeness (QED) is 0.247. The van der Waals surface area contributed by atoms with Crippen LogP contribution in [0.5, 0.6) is 5.75 Å². The van der Waals surface area contributed by atoms with Crippen molar-refractivity contribution in [2.24, 2.45) is 5.92 Å². The number of fused-ring (bicyclic) bond motifs is 1. The molecule has 5 nitrogen and oxygen atoms in total. The van der Waals surface area contributed by atoms with Crippen molar-refractivity contribution >= 4 is 5.97 Å². The molecule has 1 N–H and O–H groups in total. The molecule has 3 aromatic rings. The molecule has 224 valence electrons. The predicted molar refractivity (Wildman–Crippen MR) is 156 cm³/mol. The topological polar surface area (TPSA) is 60.5 Å². The number of carbonyl (C=O) groups excluding carboxylic acids is 1. The molecule has 0 spiro atoms. The third-order valence-electron chi connectivity index (χ3n) is 8.57. The summed E-state index contributed by atoms with van der Waals surface area (Å²) in [6.07, 6.45) is 1.21. The summed E-state index contributed by atoms with van der Waals surface area (Å²) in [7, 11) is 0. The maximum Gasteiger partial charge on any atom is 0.391 e. The van der Waals surface area contributed by atoms with Crippen LogP contribution < -0.4 is 10.1 Å². The second-order valence-corrected chi connectivity index (χ2v) is 11.3. The van der Waals surface area contributed by atoms with Gasteiger partial charge in [0, 0.05) is 11.7 Å². The summed E-state index contributed by atoms with van der Waals surface area (Å²) in [6.45, 7) is 3.32. The summed E-state index contributed by atoms with van der Waals surface area (Å²) in [5, 5.41) is 3.68. The van der Waals surface area contributed by atoms with Gasteiger partial charge in [-0.15, -0.1) is 0 Å². The second kappa shape index (κ2) is 13.7. The van der Waals surface area contributed by atoms with Crippen LogP contribution in [0.3, 0.4) is 0 Å². The van der Waals surface area contributed by atoms with Gasteiger partial charge in [0.15, 0.2) is 0 Å². The number of para-hydroxylation sites is 1. The van der Waals surface area contributed by atoms with Gasteiger partial charge in [-0.1, -0.05) is 48.5 Å². The minimum Gasteiger partial charge on any atom is -0.489 e. The van der Waals surface area contributed by atoms with Gasteiger partial charge in [-0.25, -0.2) is 9.78 Å². The molecule has 0 radical (unpaired) electrons. The maximum atomic E-state index is 13.0. The number of nitrogens with one attached hydrogen (secondary N) is 1. The number of pyridine rings is 1. The summed E-state index contributed by atoms with van der Waals surface area (Å²) >= 11 is 0. The van der Waals surface area contributed by atoms with Gasteiger partial charge in [0.25, 0.3) is 0 Å². The Morgan fingerprint density at radius 1 is 0.976 bits per heavy atom. The van der Waals surface area contributed by atoms with Crippen molar-refractivity contribution in [3.05, 3.63) is 94.3 Å². The molecule has 1 fully saturated rings. The monoisotopic (exact) mass is 580 g/mol. The Bertz CT molecular complexity index is 1330. The van der Waals surface area contributed by atoms with E-state index < -0.39 is 12.1 Å². The van der Waals surface area contributed by atoms with Crippen molar-refractivity contribution in [1.29, 1.82) is 0 Å². The second-order valence-electron chi connectivity index (χ2n) is 11.3. The number of hydrogen-bond acceptors (Lipinski definition) is 5. The van der Waals surface area contributed by atoms with Crippen LogP contribution >= 0.6 is 0 Å². The highest BCUT2D eigenvalue weighted by Crippen LogP contribution is 2.43. The van der Waals surface area contributed by atoms with Crippen molar-refractivity contribution in [2.75, 3.05) is 13.2 Å². The van der Waals surface area contributed by atoms with Gasteiger partial charge in [0.1, 0.15) is 18.1 Å². The number of aromatic nitrogens is 1. The van der Waals surface area contributed by atoms with Crippen LogP contribution in [0.25, 0.3) is 0 Å². The number of halogens is 3. The zero-order valence-electron chi connectivity index (χ0n) is 24.1. The molecule has 1 atom stereocenters. The maximum absolute atomic E-state index is 13.0. The van der Waals surface area contributed by atoms with E-state index in [1.165, 1.54) is 0 Å². The number of aryl methyl sites for hydroxylation is 1. The van der Waals surface area contributed by atoms with Crippen molar-refractivity contribution in [1.82, 2.24) is 10.3 Å². The first kappa shape index (κ1) is 30.1. The lowest BCUT2D eigenvalue weighted by molar-refractivity contribution is -0.182. The number of hydrogen-bond donors (Lipinski definition) is 1. The molecule has 2 aromatic carbocycles. The highest BCUT2D eigenvalue weighted by atomic mass is 19.4. The molecule has 0 saturated heterocycles. The van der Waals surface area contributed by atoms with Crippen LogP contribution in [0.4, 0.5) is 13.2 Å². The third kappa shape index (κ3) is 7.51. The minimum atomic E-state index is -4.08. The molecule has 2 aliphatic rings. The van der Waals surface area contributed by atoms with E-state index in [1.54, 1.807) is 13.0 Å². The predicted octanol–water partition coefficient (Wildman–Crippen LogP) is 7.88. The first-order valence-corrected chi connectivity index (χ1v) is 15.1. The average molecular weight is 581 g/mol. The minimum absolute atomic E-state index is 0.188. The number of carbonyl (C=O) groups is 1. The molecule has 2 aliphatic carbocycles. The molecule has 1 saturated carbocycles. The molecule has 5 rings (SSSR count). The Kier molecular flexibility index (Phi) is 9.83. The van der Waals surface area contributed by atoms with Crippen LogP contribution in [-0.4, -0.2) is 30.3 Å². The van der Waals surface area contributed by atoms with Crippen molar-refractivity contribution in [3.8, 4) is 5.75 Å². The first-order chi connectivity index (χ1) is 20.3. The summed E-state index contributed by atoms with van der Waals surface area (Å²) in [6, 6.07) is 20.1. The van der Waals surface area contributed by atoms with Gasteiger partial charge in [-0.05, 0) is 105 Å². The van der Waals surface area contributed by atoms with Crippen LogP contribution in [0.15, 0.2) is 60.7 Å². The van der Waals surface area contributed by atoms with Crippen molar-refractivity contribution < 1.29 is 27.4 Å². The van der Waals surface area contributed by atoms with E-state index in [9.17, 15) is 18.0 Å². The van der Waals surface area contributed by atoms with Gasteiger partial charge >= 0.3 is 12.1 Å². The van der Waals surface area contributed by atoms with Crippen LogP contribution in [-0.2, 0) is 24.2 Å². The molecular weight excluding hydrogens is 541 g/mol. The number of benzene rings is 2. The number of alkyl halides is 3. The lowest BCUT2D eigenvalue weighted by Gasteiger charge is -2.30. The van der Waals surface area contributed by atoms with E-state index in [2.05, 4.69) is 16.4 Å². The Balaban J connectivity index is 1.12. The van der Waals surface area contributed by atoms with E-state index in [1.807, 2.05) is 48.5 Å². The number of rotatable bonds is 10. The first-order valence-electron chi connectivity index (χ1n) is 15.1. The highest BCUT2D eigenvalue weighted by molar-refractivity contribution is 5.87. The lowest BCUT2D eigenvalue weighted by atomic mass is 9.78. The summed E-state index contributed by atoms with van der Waals surface area (Å²) in [4.78, 5) is 16.7. The number of ether oxygens (including phenoxy) is 2. The van der Waals surface area contributed by atoms with E-state index >= 15 is 0 Å². The van der Waals surface area contributed by atoms with Gasteiger partial charge < -0.3 is 14.8 Å². The molecule has 1 heterocycles. The fourth-order valence-corrected chi connectivity index (χ4v) is 6.22.